The van der Waals surface area contributed by atoms with Gasteiger partial charge in [-0.3, -0.25) is 4.79 Å². The molecule has 1 aromatic heterocycles. The van der Waals surface area contributed by atoms with Crippen LogP contribution in [0.4, 0.5) is 9.52 Å². The molecular weight excluding hydrogens is 313 g/mol. The molecule has 1 fully saturated rings. The highest BCUT2D eigenvalue weighted by atomic mass is 32.1. The normalized spacial score (nSPS) is 18.0. The molecule has 1 aliphatic heterocycles. The highest BCUT2D eigenvalue weighted by molar-refractivity contribution is 7.14. The number of piperidine rings is 1. The Labute approximate surface area is 139 Å². The summed E-state index contributed by atoms with van der Waals surface area (Å²) in [6, 6.07) is 6.37. The second kappa shape index (κ2) is 6.66. The first kappa shape index (κ1) is 15.9. The molecule has 1 atom stereocenters. The molecule has 2 heterocycles. The third kappa shape index (κ3) is 3.52. The minimum absolute atomic E-state index is 0.0388. The maximum atomic E-state index is 13.0. The van der Waals surface area contributed by atoms with Crippen LogP contribution in [0.2, 0.25) is 0 Å². The van der Waals surface area contributed by atoms with E-state index in [2.05, 4.69) is 9.88 Å². The highest BCUT2D eigenvalue weighted by Gasteiger charge is 2.28. The smallest absolute Gasteiger partial charge is 0.226 e. The Morgan fingerprint density at radius 1 is 1.35 bits per heavy atom. The summed E-state index contributed by atoms with van der Waals surface area (Å²) in [5, 5.41) is 2.92. The fraction of sp³-hybridized carbons (Fsp3) is 0.412. The molecule has 1 aliphatic rings. The summed E-state index contributed by atoms with van der Waals surface area (Å²) in [5.41, 5.74) is 1.76. The van der Waals surface area contributed by atoms with E-state index >= 15 is 0 Å². The van der Waals surface area contributed by atoms with Gasteiger partial charge in [-0.15, -0.1) is 11.3 Å². The minimum Gasteiger partial charge on any atom is -0.349 e. The molecule has 0 saturated carbocycles. The second-order valence-electron chi connectivity index (χ2n) is 6.04. The number of halogens is 1. The van der Waals surface area contributed by atoms with E-state index < -0.39 is 0 Å². The van der Waals surface area contributed by atoms with E-state index in [-0.39, 0.29) is 17.6 Å². The first-order valence-electron chi connectivity index (χ1n) is 7.72. The van der Waals surface area contributed by atoms with Crippen molar-refractivity contribution >= 4 is 22.4 Å². The van der Waals surface area contributed by atoms with Crippen LogP contribution < -0.4 is 4.90 Å². The SMILES string of the molecule is CN(C)C(=O)C1CCCN(c2nc(-c3ccc(F)cc3)cs2)C1. The van der Waals surface area contributed by atoms with E-state index in [1.165, 1.54) is 12.1 Å². The molecule has 0 spiro atoms. The molecule has 1 unspecified atom stereocenters. The monoisotopic (exact) mass is 333 g/mol. The first-order valence-corrected chi connectivity index (χ1v) is 8.60. The molecule has 23 heavy (non-hydrogen) atoms. The Bertz CT molecular complexity index is 683. The van der Waals surface area contributed by atoms with Crippen LogP contribution in [0, 0.1) is 11.7 Å². The van der Waals surface area contributed by atoms with Gasteiger partial charge in [0.2, 0.25) is 5.91 Å². The molecule has 2 aromatic rings. The fourth-order valence-corrected chi connectivity index (χ4v) is 3.75. The van der Waals surface area contributed by atoms with Crippen molar-refractivity contribution in [3.05, 3.63) is 35.5 Å². The van der Waals surface area contributed by atoms with Crippen molar-refractivity contribution in [1.82, 2.24) is 9.88 Å². The third-order valence-corrected chi connectivity index (χ3v) is 5.02. The minimum atomic E-state index is -0.245. The van der Waals surface area contributed by atoms with Crippen LogP contribution in [0.1, 0.15) is 12.8 Å². The number of carbonyl (C=O) groups is 1. The Kier molecular flexibility index (Phi) is 4.61. The van der Waals surface area contributed by atoms with Crippen LogP contribution in [0.5, 0.6) is 0 Å². The number of benzene rings is 1. The molecular formula is C17H20FN3OS. The maximum Gasteiger partial charge on any atom is 0.226 e. The van der Waals surface area contributed by atoms with Crippen LogP contribution in [0.3, 0.4) is 0 Å². The van der Waals surface area contributed by atoms with E-state index in [4.69, 9.17) is 0 Å². The van der Waals surface area contributed by atoms with Gasteiger partial charge in [0, 0.05) is 38.1 Å². The number of nitrogens with zero attached hydrogens (tertiary/aromatic N) is 3. The number of rotatable bonds is 3. The lowest BCUT2D eigenvalue weighted by Gasteiger charge is -2.32. The molecule has 1 saturated heterocycles. The van der Waals surface area contributed by atoms with E-state index in [0.717, 1.165) is 35.8 Å². The number of thiazole rings is 1. The molecule has 0 radical (unpaired) electrons. The van der Waals surface area contributed by atoms with Crippen LogP contribution >= 0.6 is 11.3 Å². The van der Waals surface area contributed by atoms with E-state index in [1.54, 1.807) is 42.5 Å². The topological polar surface area (TPSA) is 36.4 Å². The van der Waals surface area contributed by atoms with Crippen molar-refractivity contribution in [1.29, 1.82) is 0 Å². The molecule has 1 aromatic carbocycles. The lowest BCUT2D eigenvalue weighted by Crippen LogP contribution is -2.42. The summed E-state index contributed by atoms with van der Waals surface area (Å²) >= 11 is 1.57. The summed E-state index contributed by atoms with van der Waals surface area (Å²) < 4.78 is 13.0. The standard InChI is InChI=1S/C17H20FN3OS/c1-20(2)16(22)13-4-3-9-21(10-13)17-19-15(11-23-17)12-5-7-14(18)8-6-12/h5-8,11,13H,3-4,9-10H2,1-2H3. The number of aromatic nitrogens is 1. The van der Waals surface area contributed by atoms with Crippen molar-refractivity contribution in [2.24, 2.45) is 5.92 Å². The summed E-state index contributed by atoms with van der Waals surface area (Å²) in [5.74, 6) is -0.0211. The zero-order chi connectivity index (χ0) is 16.4. The van der Waals surface area contributed by atoms with Crippen LogP contribution in [-0.2, 0) is 4.79 Å². The zero-order valence-corrected chi connectivity index (χ0v) is 14.1. The average molecular weight is 333 g/mol. The Morgan fingerprint density at radius 2 is 2.09 bits per heavy atom. The van der Waals surface area contributed by atoms with Gasteiger partial charge in [-0.1, -0.05) is 0 Å². The third-order valence-electron chi connectivity index (χ3n) is 4.11. The predicted octanol–water partition coefficient (Wildman–Crippen LogP) is 3.25. The quantitative estimate of drug-likeness (QED) is 0.865. The number of hydrogen-bond acceptors (Lipinski definition) is 4. The Morgan fingerprint density at radius 3 is 2.78 bits per heavy atom. The van der Waals surface area contributed by atoms with Gasteiger partial charge in [-0.2, -0.15) is 0 Å². The van der Waals surface area contributed by atoms with Crippen molar-refractivity contribution < 1.29 is 9.18 Å². The Balaban J connectivity index is 1.74. The summed E-state index contributed by atoms with van der Waals surface area (Å²) in [7, 11) is 3.61. The Hall–Kier alpha value is -1.95. The van der Waals surface area contributed by atoms with E-state index in [0.29, 0.717) is 6.54 Å². The summed E-state index contributed by atoms with van der Waals surface area (Å²) in [4.78, 5) is 20.7. The van der Waals surface area contributed by atoms with Crippen molar-refractivity contribution in [2.45, 2.75) is 12.8 Å². The van der Waals surface area contributed by atoms with Gasteiger partial charge in [-0.05, 0) is 37.1 Å². The average Bonchev–Trinajstić information content (AvgIpc) is 3.05. The highest BCUT2D eigenvalue weighted by Crippen LogP contribution is 2.30. The molecule has 0 aliphatic carbocycles. The predicted molar refractivity (Wildman–Crippen MR) is 91.1 cm³/mol. The van der Waals surface area contributed by atoms with Gasteiger partial charge in [0.1, 0.15) is 5.82 Å². The van der Waals surface area contributed by atoms with Crippen LogP contribution in [-0.4, -0.2) is 43.0 Å². The van der Waals surface area contributed by atoms with Gasteiger partial charge in [0.15, 0.2) is 5.13 Å². The molecule has 0 N–H and O–H groups in total. The van der Waals surface area contributed by atoms with E-state index in [1.807, 2.05) is 5.38 Å². The molecule has 3 rings (SSSR count). The lowest BCUT2D eigenvalue weighted by molar-refractivity contribution is -0.133. The van der Waals surface area contributed by atoms with Gasteiger partial charge in [0.25, 0.3) is 0 Å². The largest absolute Gasteiger partial charge is 0.349 e. The molecule has 4 nitrogen and oxygen atoms in total. The second-order valence-corrected chi connectivity index (χ2v) is 6.88. The maximum absolute atomic E-state index is 13.0. The van der Waals surface area contributed by atoms with Crippen molar-refractivity contribution in [3.63, 3.8) is 0 Å². The van der Waals surface area contributed by atoms with Gasteiger partial charge in [0.05, 0.1) is 11.6 Å². The van der Waals surface area contributed by atoms with Gasteiger partial charge >= 0.3 is 0 Å². The molecule has 0 bridgehead atoms. The lowest BCUT2D eigenvalue weighted by atomic mass is 9.97. The number of anilines is 1. The molecule has 6 heteroatoms. The van der Waals surface area contributed by atoms with E-state index in [9.17, 15) is 9.18 Å². The van der Waals surface area contributed by atoms with Crippen LogP contribution in [0.25, 0.3) is 11.3 Å². The zero-order valence-electron chi connectivity index (χ0n) is 13.3. The summed E-state index contributed by atoms with van der Waals surface area (Å²) in [6.45, 7) is 1.64. The van der Waals surface area contributed by atoms with Crippen molar-refractivity contribution in [3.8, 4) is 11.3 Å². The van der Waals surface area contributed by atoms with Gasteiger partial charge < -0.3 is 9.80 Å². The summed E-state index contributed by atoms with van der Waals surface area (Å²) in [6.07, 6.45) is 1.93. The molecule has 122 valence electrons. The van der Waals surface area contributed by atoms with Crippen LogP contribution in [0.15, 0.2) is 29.6 Å². The number of hydrogen-bond donors (Lipinski definition) is 0. The van der Waals surface area contributed by atoms with Crippen molar-refractivity contribution in [2.75, 3.05) is 32.1 Å². The van der Waals surface area contributed by atoms with Gasteiger partial charge in [-0.25, -0.2) is 9.37 Å². The molecule has 1 amide bonds. The number of carbonyl (C=O) groups excluding carboxylic acids is 1. The fourth-order valence-electron chi connectivity index (χ4n) is 2.88. The first-order chi connectivity index (χ1) is 11.0. The number of amides is 1.